The van der Waals surface area contributed by atoms with Gasteiger partial charge in [-0.2, -0.15) is 0 Å². The van der Waals surface area contributed by atoms with Gasteiger partial charge in [-0.05, 0) is 242 Å². The van der Waals surface area contributed by atoms with Crippen LogP contribution >= 0.6 is 0 Å². The minimum Gasteiger partial charge on any atom is -0.0616 e. The maximum atomic E-state index is 10.1. The molecule has 0 amide bonds. The van der Waals surface area contributed by atoms with Crippen molar-refractivity contribution in [3.63, 3.8) is 0 Å². The van der Waals surface area contributed by atoms with Gasteiger partial charge in [-0.1, -0.05) is 315 Å². The van der Waals surface area contributed by atoms with E-state index in [2.05, 4.69) is 12.1 Å². The molecule has 0 spiro atoms. The summed E-state index contributed by atoms with van der Waals surface area (Å²) in [6, 6.07) is 43.0. The highest BCUT2D eigenvalue weighted by atomic mass is 14.3. The molecular formula is C96H56. The van der Waals surface area contributed by atoms with Crippen molar-refractivity contribution in [1.29, 1.82) is 0 Å². The van der Waals surface area contributed by atoms with Gasteiger partial charge in [0, 0.05) is 0 Å². The Balaban J connectivity index is 0.000000152. The summed E-state index contributed by atoms with van der Waals surface area (Å²) in [5.74, 6) is 0. The molecule has 0 heterocycles. The van der Waals surface area contributed by atoms with Crippen LogP contribution < -0.4 is 0 Å². The van der Waals surface area contributed by atoms with Gasteiger partial charge in [0.1, 0.15) is 0 Å². The van der Waals surface area contributed by atoms with Crippen molar-refractivity contribution in [2.45, 2.75) is 0 Å². The molecule has 0 saturated heterocycles. The van der Waals surface area contributed by atoms with E-state index in [0.29, 0.717) is 44.2 Å². The van der Waals surface area contributed by atoms with Crippen LogP contribution in [0.25, 0.3) is 218 Å². The Morgan fingerprint density at radius 2 is 0.604 bits per heavy atom. The fourth-order valence-corrected chi connectivity index (χ4v) is 15.1. The number of hydrogen-bond donors (Lipinski definition) is 0. The summed E-state index contributed by atoms with van der Waals surface area (Å²) in [7, 11) is 0. The lowest BCUT2D eigenvalue weighted by atomic mass is 9.85. The topological polar surface area (TPSA) is 0 Å². The van der Waals surface area contributed by atoms with E-state index in [1.165, 1.54) is 6.07 Å². The molecule has 440 valence electrons. The Labute approximate surface area is 591 Å². The van der Waals surface area contributed by atoms with Crippen molar-refractivity contribution in [3.05, 3.63) is 339 Å². The Morgan fingerprint density at radius 1 is 0.156 bits per heavy atom. The smallest absolute Gasteiger partial charge is 0.0616 e. The predicted molar refractivity (Wildman–Crippen MR) is 415 cm³/mol. The van der Waals surface area contributed by atoms with Gasteiger partial charge < -0.3 is 0 Å². The second kappa shape index (κ2) is 20.5. The van der Waals surface area contributed by atoms with Crippen LogP contribution in [0.5, 0.6) is 0 Å². The third-order valence-corrected chi connectivity index (χ3v) is 19.3. The second-order valence-electron chi connectivity index (χ2n) is 24.3. The molecule has 0 aromatic heterocycles. The summed E-state index contributed by atoms with van der Waals surface area (Å²) >= 11 is 0. The van der Waals surface area contributed by atoms with Crippen LogP contribution in [0.3, 0.4) is 0 Å². The van der Waals surface area contributed by atoms with E-state index in [4.69, 9.17) is 17.8 Å². The number of fused-ring (bicyclic) bond motifs is 2. The van der Waals surface area contributed by atoms with Crippen LogP contribution in [0.15, 0.2) is 339 Å². The molecule has 0 nitrogen and oxygen atoms in total. The Bertz CT molecular complexity index is 8600. The fourth-order valence-electron chi connectivity index (χ4n) is 15.1. The molecule has 96 heavy (non-hydrogen) atoms. The number of rotatable bonds is 6. The van der Waals surface area contributed by atoms with E-state index in [1.54, 1.807) is 48.5 Å². The van der Waals surface area contributed by atoms with E-state index in [1.807, 2.05) is 109 Å². The number of benzene rings is 22. The zero-order chi connectivity index (χ0) is 86.2. The van der Waals surface area contributed by atoms with Gasteiger partial charge in [0.2, 0.25) is 0 Å². The molecule has 0 aliphatic rings. The van der Waals surface area contributed by atoms with E-state index in [-0.39, 0.29) is 151 Å². The molecule has 0 aliphatic heterocycles. The van der Waals surface area contributed by atoms with Gasteiger partial charge >= 0.3 is 0 Å². The van der Waals surface area contributed by atoms with Gasteiger partial charge in [-0.3, -0.25) is 0 Å². The van der Waals surface area contributed by atoms with E-state index >= 15 is 0 Å². The number of hydrogen-bond acceptors (Lipinski definition) is 0. The minimum absolute atomic E-state index is 0.00454. The highest BCUT2D eigenvalue weighted by Gasteiger charge is 2.22. The molecule has 0 aliphatic carbocycles. The molecule has 0 radical (unpaired) electrons. The van der Waals surface area contributed by atoms with Gasteiger partial charge in [0.15, 0.2) is 0 Å². The highest BCUT2D eigenvalue weighted by molar-refractivity contribution is 6.30. The van der Waals surface area contributed by atoms with Crippen molar-refractivity contribution >= 4 is 151 Å². The lowest BCUT2D eigenvalue weighted by Gasteiger charge is -2.19. The quantitative estimate of drug-likeness (QED) is 0.146. The van der Waals surface area contributed by atoms with Crippen molar-refractivity contribution < 1.29 is 37.0 Å². The first-order valence-electron chi connectivity index (χ1n) is 44.8. The van der Waals surface area contributed by atoms with Crippen molar-refractivity contribution in [3.8, 4) is 66.8 Å². The molecule has 22 rings (SSSR count). The SMILES string of the molecule is [2H]c1c([2H])c([2H])c(-c2ccc3ccc4cccc5ccc2c3c45)c(-c2c([2H])c(-c3ccc4ccc5cccc6ccc3c4c56)c3c([2H])c([2H])c([2H])c([2H])c3c2[2H])c1[2H].[2H]c1cc2c([2H])c([2H])c3c([2H])c([2H])c(-c4cc(-c5ccccc5-c5c([2H])c([2H])c6c([2H])c([2H])c7c([2H])c([2H])c([2H])c8c([2H])c([2H])c5c6c78)cc5ccccc45)c4c([2H])c([2H])c(c1[2H])c2c34. The van der Waals surface area contributed by atoms with E-state index in [9.17, 15) is 19.2 Å². The van der Waals surface area contributed by atoms with Crippen LogP contribution in [0.2, 0.25) is 0 Å². The monoisotopic (exact) mass is 1240 g/mol. The summed E-state index contributed by atoms with van der Waals surface area (Å²) in [5, 5.41) is 12.4. The molecule has 0 bridgehead atoms. The molecule has 0 fully saturated rings. The summed E-state index contributed by atoms with van der Waals surface area (Å²) in [6.45, 7) is 0. The fraction of sp³-hybridized carbons (Fsp3) is 0. The zero-order valence-electron chi connectivity index (χ0n) is 77.2. The maximum absolute atomic E-state index is 10.1. The second-order valence-corrected chi connectivity index (χ2v) is 24.3. The van der Waals surface area contributed by atoms with Gasteiger partial charge in [-0.25, -0.2) is 0 Å². The molecule has 0 unspecified atom stereocenters. The van der Waals surface area contributed by atoms with Crippen LogP contribution in [0.4, 0.5) is 0 Å². The Kier molecular flexibility index (Phi) is 7.13. The molecule has 0 heteroatoms. The highest BCUT2D eigenvalue weighted by Crippen LogP contribution is 2.49. The lowest BCUT2D eigenvalue weighted by Crippen LogP contribution is -1.92. The van der Waals surface area contributed by atoms with Crippen LogP contribution in [-0.2, 0) is 0 Å². The van der Waals surface area contributed by atoms with Crippen molar-refractivity contribution in [2.75, 3.05) is 0 Å². The first kappa shape index (κ1) is 33.4. The minimum atomic E-state index is -0.569. The molecule has 0 atom stereocenters. The first-order chi connectivity index (χ1) is 58.9. The van der Waals surface area contributed by atoms with Crippen LogP contribution in [-0.4, -0.2) is 0 Å². The standard InChI is InChI=1S/2C48H28/c2*1-2-12-37-35(7-1)27-36(28-44(37)41-24-20-34-18-16-30-9-6-11-32-22-26-43(41)48(34)46(30)32)38-13-3-4-14-39(38)40-23-19-33-17-15-29-8-5-10-31-21-25-42(40)47(33)45(29)31/h2*1-28H/i5D,6D,8D,10D,11D,15D,16D,17D,18D,19D,20D,21D,22D,23D,24D,25D,26D;1D,2D,3D,4D,7D,12D,13D,14D,27D,28D. The summed E-state index contributed by atoms with van der Waals surface area (Å²) in [6.07, 6.45) is 0. The van der Waals surface area contributed by atoms with Crippen LogP contribution in [0, 0.1) is 0 Å². The zero-order valence-corrected chi connectivity index (χ0v) is 50.2. The average molecular weight is 1240 g/mol. The molecule has 22 aromatic carbocycles. The van der Waals surface area contributed by atoms with E-state index in [0.717, 1.165) is 64.6 Å². The van der Waals surface area contributed by atoms with Gasteiger partial charge in [0.25, 0.3) is 0 Å². The largest absolute Gasteiger partial charge is 0.0636 e. The predicted octanol–water partition coefficient (Wildman–Crippen LogP) is 27.3. The molecular weight excluding hydrogens is 1150 g/mol. The first-order valence-corrected chi connectivity index (χ1v) is 31.3. The normalized spacial score (nSPS) is 16.1. The van der Waals surface area contributed by atoms with Crippen molar-refractivity contribution in [1.82, 2.24) is 0 Å². The van der Waals surface area contributed by atoms with Crippen molar-refractivity contribution in [2.24, 2.45) is 0 Å². The summed E-state index contributed by atoms with van der Waals surface area (Å²) < 4.78 is 246. The maximum Gasteiger partial charge on any atom is 0.0636 e. The molecule has 0 N–H and O–H groups in total. The van der Waals surface area contributed by atoms with Gasteiger partial charge in [-0.15, -0.1) is 0 Å². The van der Waals surface area contributed by atoms with E-state index < -0.39 is 121 Å². The molecule has 22 aromatic rings. The average Bonchev–Trinajstić information content (AvgIpc) is 0.676. The Morgan fingerprint density at radius 3 is 1.27 bits per heavy atom. The summed E-state index contributed by atoms with van der Waals surface area (Å²) in [5.41, 5.74) is 2.77. The van der Waals surface area contributed by atoms with Crippen LogP contribution in [0.1, 0.15) is 37.0 Å². The lowest BCUT2D eigenvalue weighted by molar-refractivity contribution is 1.61. The Hall–Kier alpha value is -12.5. The molecule has 0 saturated carbocycles. The third kappa shape index (κ3) is 7.85. The summed E-state index contributed by atoms with van der Waals surface area (Å²) in [4.78, 5) is 0. The third-order valence-electron chi connectivity index (χ3n) is 19.3. The van der Waals surface area contributed by atoms with Gasteiger partial charge in [0.05, 0.1) is 37.0 Å².